The molecule has 0 amide bonds. The van der Waals surface area contributed by atoms with Crippen molar-refractivity contribution in [2.45, 2.75) is 115 Å². The monoisotopic (exact) mass is 502 g/mol. The van der Waals surface area contributed by atoms with E-state index in [1.165, 1.54) is 89.9 Å². The van der Waals surface area contributed by atoms with Crippen LogP contribution in [0.15, 0.2) is 41.3 Å². The molecule has 0 aromatic heterocycles. The van der Waals surface area contributed by atoms with E-state index in [4.69, 9.17) is 0 Å². The molecular weight excluding hydrogens is 452 g/mol. The molecule has 0 bridgehead atoms. The van der Waals surface area contributed by atoms with Gasteiger partial charge in [-0.15, -0.1) is 0 Å². The first-order chi connectivity index (χ1) is 17.0. The number of anilines is 1. The quantitative estimate of drug-likeness (QED) is 0.185. The fraction of sp³-hybridized carbons (Fsp3) is 0.667. The van der Waals surface area contributed by atoms with E-state index in [0.29, 0.717) is 11.4 Å². The molecule has 198 valence electrons. The van der Waals surface area contributed by atoms with Crippen molar-refractivity contribution >= 4 is 26.5 Å². The van der Waals surface area contributed by atoms with Gasteiger partial charge in [0.2, 0.25) is 10.0 Å². The Labute approximate surface area is 215 Å². The van der Waals surface area contributed by atoms with Gasteiger partial charge in [-0.1, -0.05) is 128 Å². The van der Waals surface area contributed by atoms with Crippen LogP contribution in [0.2, 0.25) is 0 Å². The van der Waals surface area contributed by atoms with Crippen molar-refractivity contribution in [2.75, 3.05) is 25.5 Å². The molecule has 0 heterocycles. The Hall–Kier alpha value is -1.59. The van der Waals surface area contributed by atoms with Gasteiger partial charge in [-0.05, 0) is 18.6 Å². The van der Waals surface area contributed by atoms with Gasteiger partial charge >= 0.3 is 0 Å². The summed E-state index contributed by atoms with van der Waals surface area (Å²) in [5, 5.41) is 1.74. The summed E-state index contributed by atoms with van der Waals surface area (Å²) in [4.78, 5) is 2.39. The molecule has 0 fully saturated rings. The average molecular weight is 503 g/mol. The number of nitrogens with zero attached hydrogens (tertiary/aromatic N) is 1. The lowest BCUT2D eigenvalue weighted by Crippen LogP contribution is -2.25. The van der Waals surface area contributed by atoms with Gasteiger partial charge in [-0.25, -0.2) is 13.1 Å². The fourth-order valence-electron chi connectivity index (χ4n) is 4.85. The molecule has 0 aliphatic rings. The third-order valence-corrected chi connectivity index (χ3v) is 8.47. The van der Waals surface area contributed by atoms with Gasteiger partial charge in [0.05, 0.1) is 4.90 Å². The highest BCUT2D eigenvalue weighted by molar-refractivity contribution is 7.89. The Kier molecular flexibility index (Phi) is 14.4. The van der Waals surface area contributed by atoms with Crippen LogP contribution in [0.5, 0.6) is 0 Å². The Morgan fingerprint density at radius 3 is 1.60 bits per heavy atom. The Balaban J connectivity index is 1.55. The highest BCUT2D eigenvalue weighted by Gasteiger charge is 2.17. The van der Waals surface area contributed by atoms with Crippen molar-refractivity contribution in [2.24, 2.45) is 0 Å². The highest BCUT2D eigenvalue weighted by atomic mass is 32.2. The molecule has 4 nitrogen and oxygen atoms in total. The molecular formula is C30H50N2O2S. The van der Waals surface area contributed by atoms with E-state index in [1.54, 1.807) is 6.07 Å². The first-order valence-electron chi connectivity index (χ1n) is 14.2. The molecule has 0 atom stereocenters. The lowest BCUT2D eigenvalue weighted by molar-refractivity contribution is 0.528. The SMILES string of the molecule is CCCCCCCCCCCCCCCCCCNS(=O)(=O)c1cccc2c(N(C)C)cccc12. The van der Waals surface area contributed by atoms with Crippen LogP contribution in [0.4, 0.5) is 5.69 Å². The van der Waals surface area contributed by atoms with Crippen molar-refractivity contribution < 1.29 is 8.42 Å². The zero-order valence-electron chi connectivity index (χ0n) is 22.7. The van der Waals surface area contributed by atoms with Crippen molar-refractivity contribution in [3.8, 4) is 0 Å². The molecule has 2 aromatic carbocycles. The van der Waals surface area contributed by atoms with Gasteiger partial charge in [0.25, 0.3) is 0 Å². The third-order valence-electron chi connectivity index (χ3n) is 6.95. The summed E-state index contributed by atoms with van der Waals surface area (Å²) < 4.78 is 28.8. The minimum Gasteiger partial charge on any atom is -0.377 e. The number of benzene rings is 2. The molecule has 0 saturated heterocycles. The van der Waals surface area contributed by atoms with E-state index in [9.17, 15) is 8.42 Å². The van der Waals surface area contributed by atoms with E-state index < -0.39 is 10.0 Å². The van der Waals surface area contributed by atoms with Gasteiger partial charge in [0.15, 0.2) is 0 Å². The van der Waals surface area contributed by atoms with Crippen LogP contribution in [-0.2, 0) is 10.0 Å². The molecule has 1 N–H and O–H groups in total. The second-order valence-corrected chi connectivity index (χ2v) is 12.0. The minimum atomic E-state index is -3.52. The number of unbranched alkanes of at least 4 members (excludes halogenated alkanes) is 15. The Morgan fingerprint density at radius 2 is 1.09 bits per heavy atom. The first-order valence-corrected chi connectivity index (χ1v) is 15.6. The maximum absolute atomic E-state index is 13.0. The number of rotatable bonds is 20. The maximum atomic E-state index is 13.0. The zero-order valence-corrected chi connectivity index (χ0v) is 23.5. The molecule has 35 heavy (non-hydrogen) atoms. The molecule has 0 aliphatic carbocycles. The Bertz CT molecular complexity index is 941. The molecule has 0 unspecified atom stereocenters. The van der Waals surface area contributed by atoms with Crippen LogP contribution in [0.1, 0.15) is 110 Å². The molecule has 0 aliphatic heterocycles. The van der Waals surface area contributed by atoms with Crippen molar-refractivity contribution in [3.05, 3.63) is 36.4 Å². The van der Waals surface area contributed by atoms with Gasteiger partial charge in [0.1, 0.15) is 0 Å². The summed E-state index contributed by atoms with van der Waals surface area (Å²) in [6.45, 7) is 2.78. The van der Waals surface area contributed by atoms with Crippen LogP contribution in [-0.4, -0.2) is 29.1 Å². The summed E-state index contributed by atoms with van der Waals surface area (Å²) in [6.07, 6.45) is 21.1. The van der Waals surface area contributed by atoms with E-state index in [-0.39, 0.29) is 0 Å². The zero-order chi connectivity index (χ0) is 25.4. The number of nitrogens with one attached hydrogen (secondary N) is 1. The third kappa shape index (κ3) is 10.9. The van der Waals surface area contributed by atoms with E-state index in [0.717, 1.165) is 29.3 Å². The van der Waals surface area contributed by atoms with Crippen molar-refractivity contribution in [1.82, 2.24) is 4.72 Å². The van der Waals surface area contributed by atoms with E-state index in [1.807, 2.05) is 49.3 Å². The van der Waals surface area contributed by atoms with Gasteiger partial charge in [-0.2, -0.15) is 0 Å². The maximum Gasteiger partial charge on any atom is 0.241 e. The van der Waals surface area contributed by atoms with Crippen LogP contribution in [0, 0.1) is 0 Å². The first kappa shape index (κ1) is 29.6. The summed E-state index contributed by atoms with van der Waals surface area (Å²) in [7, 11) is 0.437. The largest absolute Gasteiger partial charge is 0.377 e. The number of hydrogen-bond acceptors (Lipinski definition) is 3. The van der Waals surface area contributed by atoms with E-state index >= 15 is 0 Å². The molecule has 2 rings (SSSR count). The summed E-state index contributed by atoms with van der Waals surface area (Å²) in [5.41, 5.74) is 1.03. The second-order valence-electron chi connectivity index (χ2n) is 10.2. The van der Waals surface area contributed by atoms with Crippen molar-refractivity contribution in [3.63, 3.8) is 0 Å². The number of fused-ring (bicyclic) bond motifs is 1. The molecule has 0 radical (unpaired) electrons. The van der Waals surface area contributed by atoms with Crippen LogP contribution >= 0.6 is 0 Å². The number of hydrogen-bond donors (Lipinski definition) is 1. The lowest BCUT2D eigenvalue weighted by atomic mass is 10.0. The van der Waals surface area contributed by atoms with Gasteiger partial charge < -0.3 is 4.90 Å². The fourth-order valence-corrected chi connectivity index (χ4v) is 6.14. The minimum absolute atomic E-state index is 0.371. The molecule has 0 saturated carbocycles. The number of sulfonamides is 1. The normalized spacial score (nSPS) is 11.9. The molecule has 5 heteroatoms. The summed E-state index contributed by atoms with van der Waals surface area (Å²) in [5.74, 6) is 0. The second kappa shape index (κ2) is 17.0. The predicted octanol–water partition coefficient (Wildman–Crippen LogP) is 8.45. The predicted molar refractivity (Wildman–Crippen MR) is 153 cm³/mol. The van der Waals surface area contributed by atoms with Crippen molar-refractivity contribution in [1.29, 1.82) is 0 Å². The average Bonchev–Trinajstić information content (AvgIpc) is 2.85. The lowest BCUT2D eigenvalue weighted by Gasteiger charge is -2.17. The van der Waals surface area contributed by atoms with Gasteiger partial charge in [0, 0.05) is 37.1 Å². The summed E-state index contributed by atoms with van der Waals surface area (Å²) >= 11 is 0. The van der Waals surface area contributed by atoms with E-state index in [2.05, 4.69) is 11.6 Å². The molecule has 2 aromatic rings. The van der Waals surface area contributed by atoms with Crippen LogP contribution in [0.3, 0.4) is 0 Å². The van der Waals surface area contributed by atoms with Gasteiger partial charge in [-0.3, -0.25) is 0 Å². The molecule has 0 spiro atoms. The topological polar surface area (TPSA) is 49.4 Å². The van der Waals surface area contributed by atoms with Crippen LogP contribution in [0.25, 0.3) is 10.8 Å². The summed E-state index contributed by atoms with van der Waals surface area (Å²) in [6, 6.07) is 11.4. The standard InChI is InChI=1S/C30H50N2O2S/c1-4-5-6-7-8-9-10-11-12-13-14-15-16-17-18-19-26-31-35(33,34)30-25-21-22-27-28(30)23-20-24-29(27)32(2)3/h20-25,31H,4-19,26H2,1-3H3. The Morgan fingerprint density at radius 1 is 0.629 bits per heavy atom. The highest BCUT2D eigenvalue weighted by Crippen LogP contribution is 2.30. The smallest absolute Gasteiger partial charge is 0.241 e. The van der Waals surface area contributed by atoms with Crippen LogP contribution < -0.4 is 9.62 Å².